The van der Waals surface area contributed by atoms with Crippen molar-refractivity contribution in [3.63, 3.8) is 0 Å². The third-order valence-corrected chi connectivity index (χ3v) is 4.28. The number of allylic oxidation sites excluding steroid dienone is 1. The van der Waals surface area contributed by atoms with Crippen LogP contribution in [0.2, 0.25) is 0 Å². The highest BCUT2D eigenvalue weighted by Crippen LogP contribution is 2.29. The minimum absolute atomic E-state index is 0.254. The average molecular weight is 420 g/mol. The van der Waals surface area contributed by atoms with Crippen molar-refractivity contribution in [3.8, 4) is 5.75 Å². The lowest BCUT2D eigenvalue weighted by Crippen LogP contribution is -2.26. The second-order valence-electron chi connectivity index (χ2n) is 6.35. The van der Waals surface area contributed by atoms with E-state index in [4.69, 9.17) is 14.7 Å². The molecule has 0 aliphatic heterocycles. The van der Waals surface area contributed by atoms with Gasteiger partial charge in [0.1, 0.15) is 23.7 Å². The molecule has 0 saturated carbocycles. The summed E-state index contributed by atoms with van der Waals surface area (Å²) in [5.41, 5.74) is 10.2. The van der Waals surface area contributed by atoms with Gasteiger partial charge in [-0.3, -0.25) is 4.79 Å². The lowest BCUT2D eigenvalue weighted by molar-refractivity contribution is -0.116. The molecular weight excluding hydrogens is 400 g/mol. The van der Waals surface area contributed by atoms with Crippen molar-refractivity contribution in [1.29, 1.82) is 0 Å². The van der Waals surface area contributed by atoms with Crippen LogP contribution >= 0.6 is 0 Å². The molecule has 3 aromatic rings. The summed E-state index contributed by atoms with van der Waals surface area (Å²) in [6, 6.07) is 13.6. The molecule has 0 radical (unpaired) electrons. The summed E-state index contributed by atoms with van der Waals surface area (Å²) in [6.45, 7) is 0.602. The molecule has 0 fully saturated rings. The number of amides is 1. The Balaban J connectivity index is 1.43. The van der Waals surface area contributed by atoms with E-state index in [0.717, 1.165) is 5.39 Å². The van der Waals surface area contributed by atoms with Crippen LogP contribution < -0.4 is 10.1 Å². The number of carbonyl (C=O) groups excluding carboxylic acids is 2. The van der Waals surface area contributed by atoms with E-state index in [1.54, 1.807) is 54.6 Å². The Labute approximate surface area is 177 Å². The van der Waals surface area contributed by atoms with Gasteiger partial charge in [-0.05, 0) is 48.0 Å². The highest BCUT2D eigenvalue weighted by atomic mass is 16.5. The molecule has 0 unspecified atom stereocenters. The Morgan fingerprint density at radius 3 is 2.77 bits per heavy atom. The number of fused-ring (bicyclic) bond motifs is 1. The zero-order valence-electron chi connectivity index (χ0n) is 16.8. The van der Waals surface area contributed by atoms with E-state index in [1.807, 2.05) is 0 Å². The number of esters is 1. The smallest absolute Gasteiger partial charge is 0.337 e. The number of methoxy groups -OCH3 is 1. The van der Waals surface area contributed by atoms with Gasteiger partial charge in [0.15, 0.2) is 0 Å². The Hall–Kier alpha value is -4.23. The van der Waals surface area contributed by atoms with E-state index in [1.165, 1.54) is 13.2 Å². The Bertz CT molecular complexity index is 1140. The normalized spacial score (nSPS) is 10.6. The maximum Gasteiger partial charge on any atom is 0.337 e. The lowest BCUT2D eigenvalue weighted by Gasteiger charge is -2.07. The second-order valence-corrected chi connectivity index (χ2v) is 6.35. The largest absolute Gasteiger partial charge is 0.492 e. The average Bonchev–Trinajstić information content (AvgIpc) is 3.21. The number of ether oxygens (including phenoxy) is 2. The summed E-state index contributed by atoms with van der Waals surface area (Å²) >= 11 is 0. The van der Waals surface area contributed by atoms with Crippen molar-refractivity contribution in [2.45, 2.75) is 6.42 Å². The first-order valence-electron chi connectivity index (χ1n) is 9.43. The third kappa shape index (κ3) is 5.88. The number of hydrogen-bond acceptors (Lipinski definition) is 6. The van der Waals surface area contributed by atoms with Crippen molar-refractivity contribution in [1.82, 2.24) is 5.32 Å². The molecule has 0 spiro atoms. The quantitative estimate of drug-likeness (QED) is 0.137. The molecule has 158 valence electrons. The number of benzene rings is 2. The summed E-state index contributed by atoms with van der Waals surface area (Å²) in [6.07, 6.45) is 3.53. The topological polar surface area (TPSA) is 127 Å². The first-order valence-corrected chi connectivity index (χ1v) is 9.43. The van der Waals surface area contributed by atoms with Gasteiger partial charge in [0.05, 0.1) is 19.2 Å². The van der Waals surface area contributed by atoms with E-state index < -0.39 is 5.97 Å². The Morgan fingerprint density at radius 2 is 2.03 bits per heavy atom. The predicted octanol–water partition coefficient (Wildman–Crippen LogP) is 4.46. The number of nitrogens with one attached hydrogen (secondary N) is 1. The number of hydrogen-bond donors (Lipinski definition) is 1. The summed E-state index contributed by atoms with van der Waals surface area (Å²) in [5.74, 6) is 0.570. The van der Waals surface area contributed by atoms with Crippen LogP contribution in [0.4, 0.5) is 5.69 Å². The van der Waals surface area contributed by atoms with Gasteiger partial charge in [0.2, 0.25) is 5.91 Å². The molecule has 0 saturated heterocycles. The molecule has 31 heavy (non-hydrogen) atoms. The van der Waals surface area contributed by atoms with E-state index in [-0.39, 0.29) is 12.5 Å². The maximum atomic E-state index is 11.9. The molecule has 1 aromatic heterocycles. The van der Waals surface area contributed by atoms with Gasteiger partial charge < -0.3 is 19.2 Å². The molecular formula is C22H20N4O5. The summed E-state index contributed by atoms with van der Waals surface area (Å²) in [7, 11) is 1.32. The van der Waals surface area contributed by atoms with E-state index in [0.29, 0.717) is 41.3 Å². The molecule has 0 aliphatic carbocycles. The first kappa shape index (κ1) is 21.5. The van der Waals surface area contributed by atoms with Crippen LogP contribution in [-0.2, 0) is 16.0 Å². The molecule has 9 nitrogen and oxygen atoms in total. The van der Waals surface area contributed by atoms with Crippen LogP contribution in [-0.4, -0.2) is 32.1 Å². The number of azide groups is 1. The van der Waals surface area contributed by atoms with Gasteiger partial charge in [-0.2, -0.15) is 0 Å². The maximum absolute atomic E-state index is 11.9. The molecule has 2 aromatic carbocycles. The zero-order valence-corrected chi connectivity index (χ0v) is 16.8. The van der Waals surface area contributed by atoms with E-state index in [2.05, 4.69) is 20.1 Å². The van der Waals surface area contributed by atoms with Crippen molar-refractivity contribution < 1.29 is 23.5 Å². The van der Waals surface area contributed by atoms with Crippen LogP contribution in [0.15, 0.2) is 70.2 Å². The summed E-state index contributed by atoms with van der Waals surface area (Å²) < 4.78 is 15.9. The summed E-state index contributed by atoms with van der Waals surface area (Å²) in [4.78, 5) is 26.1. The van der Waals surface area contributed by atoms with E-state index in [9.17, 15) is 9.59 Å². The molecule has 3 rings (SSSR count). The molecule has 1 heterocycles. The molecule has 0 aliphatic rings. The number of furan rings is 1. The highest BCUT2D eigenvalue weighted by Gasteiger charge is 2.07. The van der Waals surface area contributed by atoms with Crippen molar-refractivity contribution in [2.24, 2.45) is 5.11 Å². The van der Waals surface area contributed by atoms with Crippen LogP contribution in [0.3, 0.4) is 0 Å². The van der Waals surface area contributed by atoms with Gasteiger partial charge in [-0.1, -0.05) is 23.3 Å². The predicted molar refractivity (Wildman–Crippen MR) is 114 cm³/mol. The molecule has 1 amide bonds. The fourth-order valence-corrected chi connectivity index (χ4v) is 2.82. The Kier molecular flexibility index (Phi) is 7.29. The van der Waals surface area contributed by atoms with Crippen molar-refractivity contribution in [3.05, 3.63) is 82.4 Å². The highest BCUT2D eigenvalue weighted by molar-refractivity contribution is 5.90. The Morgan fingerprint density at radius 1 is 1.23 bits per heavy atom. The zero-order chi connectivity index (χ0) is 22.1. The SMILES string of the molecule is COC(=O)c1ccc(OCCNC(=O)C=CCc2cc3c(N=[N+]=[N-])cccc3o2)cc1. The molecule has 1 N–H and O–H groups in total. The van der Waals surface area contributed by atoms with Gasteiger partial charge in [0.25, 0.3) is 0 Å². The van der Waals surface area contributed by atoms with Crippen LogP contribution in [0, 0.1) is 0 Å². The van der Waals surface area contributed by atoms with Gasteiger partial charge in [0, 0.05) is 22.4 Å². The van der Waals surface area contributed by atoms with Gasteiger partial charge >= 0.3 is 5.97 Å². The fraction of sp³-hybridized carbons (Fsp3) is 0.182. The number of nitrogens with zero attached hydrogens (tertiary/aromatic N) is 3. The van der Waals surface area contributed by atoms with E-state index >= 15 is 0 Å². The molecule has 9 heteroatoms. The van der Waals surface area contributed by atoms with Crippen molar-refractivity contribution in [2.75, 3.05) is 20.3 Å². The third-order valence-electron chi connectivity index (χ3n) is 4.28. The van der Waals surface area contributed by atoms with Crippen LogP contribution in [0.1, 0.15) is 16.1 Å². The minimum Gasteiger partial charge on any atom is -0.492 e. The fourth-order valence-electron chi connectivity index (χ4n) is 2.82. The van der Waals surface area contributed by atoms with Crippen LogP contribution in [0.5, 0.6) is 5.75 Å². The van der Waals surface area contributed by atoms with Crippen LogP contribution in [0.25, 0.3) is 21.4 Å². The van der Waals surface area contributed by atoms with Gasteiger partial charge in [-0.25, -0.2) is 4.79 Å². The first-order chi connectivity index (χ1) is 15.1. The van der Waals surface area contributed by atoms with Gasteiger partial charge in [-0.15, -0.1) is 0 Å². The minimum atomic E-state index is -0.413. The lowest BCUT2D eigenvalue weighted by atomic mass is 10.2. The summed E-state index contributed by atoms with van der Waals surface area (Å²) in [5, 5.41) is 7.09. The standard InChI is InChI=1S/C22H20N4O5/c1-29-22(28)15-8-10-16(11-9-15)30-13-12-24-21(27)7-2-4-17-14-18-19(25-26-23)5-3-6-20(18)31-17/h2-3,5-11,14H,4,12-13H2,1H3,(H,24,27). The monoisotopic (exact) mass is 420 g/mol. The number of rotatable bonds is 9. The molecule has 0 atom stereocenters. The second kappa shape index (κ2) is 10.5. The van der Waals surface area contributed by atoms with Crippen molar-refractivity contribution >= 4 is 28.5 Å². The number of carbonyl (C=O) groups is 2. The molecule has 0 bridgehead atoms.